The van der Waals surface area contributed by atoms with Crippen LogP contribution in [0.15, 0.2) is 35.5 Å². The number of halogens is 1. The lowest BCUT2D eigenvalue weighted by molar-refractivity contribution is -0.254. The Balaban J connectivity index is 2.54. The molecule has 1 aliphatic heterocycles. The van der Waals surface area contributed by atoms with E-state index in [1.54, 1.807) is 38.1 Å². The molecule has 13 nitrogen and oxygen atoms in total. The van der Waals surface area contributed by atoms with Crippen molar-refractivity contribution >= 4 is 64.3 Å². The van der Waals surface area contributed by atoms with Gasteiger partial charge in [-0.1, -0.05) is 23.8 Å². The molecule has 0 saturated carbocycles. The monoisotopic (exact) mass is 628 g/mol. The van der Waals surface area contributed by atoms with Gasteiger partial charge < -0.3 is 39.1 Å². The van der Waals surface area contributed by atoms with Gasteiger partial charge in [-0.05, 0) is 38.1 Å². The van der Waals surface area contributed by atoms with Crippen molar-refractivity contribution in [1.82, 2.24) is 5.32 Å². The lowest BCUT2D eigenvalue weighted by Crippen LogP contribution is -2.66. The smallest absolute Gasteiger partial charge is 0.342 e. The Morgan fingerprint density at radius 3 is 1.90 bits per heavy atom. The van der Waals surface area contributed by atoms with E-state index in [4.69, 9.17) is 52.2 Å². The van der Waals surface area contributed by atoms with Crippen LogP contribution in [0.4, 0.5) is 5.69 Å². The summed E-state index contributed by atoms with van der Waals surface area (Å²) in [5.41, 5.74) is 0.794. The van der Waals surface area contributed by atoms with Gasteiger partial charge in [0.15, 0.2) is 24.5 Å². The number of carbonyl (C=O) groups is 5. The van der Waals surface area contributed by atoms with Crippen LogP contribution in [-0.2, 0) is 52.4 Å². The number of esters is 5. The summed E-state index contributed by atoms with van der Waals surface area (Å²) in [6.45, 7) is 7.30. The van der Waals surface area contributed by atoms with Crippen molar-refractivity contribution in [2.75, 3.05) is 18.5 Å². The van der Waals surface area contributed by atoms with E-state index in [9.17, 15) is 24.0 Å². The quantitative estimate of drug-likeness (QED) is 0.159. The highest BCUT2D eigenvalue weighted by molar-refractivity contribution is 7.80. The van der Waals surface area contributed by atoms with Gasteiger partial charge in [-0.25, -0.2) is 4.79 Å². The summed E-state index contributed by atoms with van der Waals surface area (Å²) >= 11 is 11.5. The molecule has 0 aliphatic carbocycles. The summed E-state index contributed by atoms with van der Waals surface area (Å²) in [6.07, 6.45) is -6.80. The molecule has 42 heavy (non-hydrogen) atoms. The van der Waals surface area contributed by atoms with Gasteiger partial charge in [0.2, 0.25) is 0 Å². The largest absolute Gasteiger partial charge is 0.463 e. The first kappa shape index (κ1) is 34.5. The molecule has 1 fully saturated rings. The fraction of sp³-hybridized carbons (Fsp3) is 0.481. The number of hydrogen-bond donors (Lipinski definition) is 2. The Kier molecular flexibility index (Phi) is 13.2. The molecular weight excluding hydrogens is 596 g/mol. The van der Waals surface area contributed by atoms with Crippen molar-refractivity contribution < 1.29 is 52.4 Å². The molecule has 1 saturated heterocycles. The van der Waals surface area contributed by atoms with Crippen LogP contribution in [0, 0.1) is 0 Å². The van der Waals surface area contributed by atoms with Crippen LogP contribution >= 0.6 is 23.8 Å². The van der Waals surface area contributed by atoms with Crippen LogP contribution in [0.25, 0.3) is 0 Å². The van der Waals surface area contributed by atoms with Gasteiger partial charge in [0, 0.05) is 44.1 Å². The van der Waals surface area contributed by atoms with Crippen molar-refractivity contribution in [3.63, 3.8) is 0 Å². The Bertz CT molecular complexity index is 1220. The van der Waals surface area contributed by atoms with E-state index in [0.29, 0.717) is 16.4 Å². The van der Waals surface area contributed by atoms with Gasteiger partial charge >= 0.3 is 29.8 Å². The number of allylic oxidation sites excluding steroid dienone is 1. The highest BCUT2D eigenvalue weighted by Crippen LogP contribution is 2.29. The van der Waals surface area contributed by atoms with E-state index in [1.807, 2.05) is 0 Å². The topological polar surface area (TPSA) is 165 Å². The summed E-state index contributed by atoms with van der Waals surface area (Å²) in [7, 11) is 0. The van der Waals surface area contributed by atoms with Crippen LogP contribution in [0.1, 0.15) is 41.5 Å². The lowest BCUT2D eigenvalue weighted by atomic mass is 9.97. The number of carbonyl (C=O) groups excluding carboxylic acids is 5. The molecule has 5 atom stereocenters. The molecule has 0 amide bonds. The fourth-order valence-electron chi connectivity index (χ4n) is 3.98. The third-order valence-corrected chi connectivity index (χ3v) is 6.10. The van der Waals surface area contributed by atoms with Gasteiger partial charge in [0.25, 0.3) is 0 Å². The number of hydrogen-bond acceptors (Lipinski definition) is 13. The minimum absolute atomic E-state index is 0.0399. The number of rotatable bonds is 11. The second kappa shape index (κ2) is 16.0. The lowest BCUT2D eigenvalue weighted by Gasteiger charge is -2.44. The Labute approximate surface area is 253 Å². The van der Waals surface area contributed by atoms with E-state index >= 15 is 0 Å². The van der Waals surface area contributed by atoms with Crippen molar-refractivity contribution in [2.45, 2.75) is 72.2 Å². The molecule has 1 aromatic rings. The van der Waals surface area contributed by atoms with Crippen molar-refractivity contribution in [2.24, 2.45) is 0 Å². The number of anilines is 1. The Hall–Kier alpha value is -3.75. The molecule has 1 aliphatic rings. The van der Waals surface area contributed by atoms with E-state index in [-0.39, 0.29) is 17.2 Å². The summed E-state index contributed by atoms with van der Waals surface area (Å²) in [6, 6.07) is 6.67. The highest BCUT2D eigenvalue weighted by atomic mass is 35.5. The number of thiocarbonyl (C=S) groups is 1. The van der Waals surface area contributed by atoms with Crippen LogP contribution in [0.5, 0.6) is 0 Å². The molecule has 2 N–H and O–H groups in total. The summed E-state index contributed by atoms with van der Waals surface area (Å²) < 4.78 is 32.5. The van der Waals surface area contributed by atoms with Crippen LogP contribution in [0.2, 0.25) is 5.02 Å². The van der Waals surface area contributed by atoms with E-state index < -0.39 is 67.1 Å². The van der Waals surface area contributed by atoms with Crippen LogP contribution < -0.4 is 10.6 Å². The van der Waals surface area contributed by atoms with Gasteiger partial charge in [0.1, 0.15) is 23.3 Å². The van der Waals surface area contributed by atoms with Gasteiger partial charge in [-0.15, -0.1) is 0 Å². The molecular formula is C27H33ClN2O11S. The Morgan fingerprint density at radius 2 is 1.38 bits per heavy atom. The van der Waals surface area contributed by atoms with Gasteiger partial charge in [0.05, 0.1) is 6.61 Å². The Morgan fingerprint density at radius 1 is 0.833 bits per heavy atom. The van der Waals surface area contributed by atoms with Crippen LogP contribution in [-0.4, -0.2) is 78.7 Å². The third kappa shape index (κ3) is 10.3. The average molecular weight is 629 g/mol. The zero-order chi connectivity index (χ0) is 31.6. The molecule has 2 rings (SSSR count). The van der Waals surface area contributed by atoms with E-state index in [0.717, 1.165) is 27.7 Å². The van der Waals surface area contributed by atoms with E-state index in [1.165, 1.54) is 0 Å². The fourth-order valence-corrected chi connectivity index (χ4v) is 4.46. The molecule has 230 valence electrons. The summed E-state index contributed by atoms with van der Waals surface area (Å²) in [4.78, 5) is 60.5. The standard InChI is InChI=1S/C27H33ClN2O11S/c1-7-36-27(35)21(13(2)29-19-10-8-18(28)9-11-19)26(42)30-25-24(40-17(6)34)23(39-16(5)33)22(38-15(4)32)20(41-25)12-37-14(3)31/h8-11,20,22-25,29H,7,12H2,1-6H3,(H,30,42)/b21-13-/t20-,22-,23+,24-,25-/m1/s1. The second-order valence-corrected chi connectivity index (χ2v) is 9.79. The van der Waals surface area contributed by atoms with Crippen molar-refractivity contribution in [3.8, 4) is 0 Å². The molecule has 0 bridgehead atoms. The predicted molar refractivity (Wildman–Crippen MR) is 152 cm³/mol. The predicted octanol–water partition coefficient (Wildman–Crippen LogP) is 2.59. The minimum atomic E-state index is -1.43. The zero-order valence-corrected chi connectivity index (χ0v) is 25.5. The highest BCUT2D eigenvalue weighted by Gasteiger charge is 2.52. The molecule has 1 aromatic carbocycles. The summed E-state index contributed by atoms with van der Waals surface area (Å²) in [5, 5.41) is 6.39. The molecule has 15 heteroatoms. The first-order valence-electron chi connectivity index (χ1n) is 12.7. The first-order chi connectivity index (χ1) is 19.7. The summed E-state index contributed by atoms with van der Waals surface area (Å²) in [5.74, 6) is -3.80. The number of nitrogens with one attached hydrogen (secondary N) is 2. The normalized spacial score (nSPS) is 22.0. The SMILES string of the molecule is CCOC(=O)/C(C(=S)N[C@@H]1O[C@H](COC(C)=O)[C@@H](OC(C)=O)[C@H](OC(C)=O)[C@H]1OC(C)=O)=C(/C)Nc1ccc(Cl)cc1. The molecule has 0 radical (unpaired) electrons. The molecule has 0 aromatic heterocycles. The van der Waals surface area contributed by atoms with Gasteiger partial charge in [-0.2, -0.15) is 0 Å². The maximum absolute atomic E-state index is 13.0. The minimum Gasteiger partial charge on any atom is -0.463 e. The molecule has 0 unspecified atom stereocenters. The zero-order valence-electron chi connectivity index (χ0n) is 23.9. The molecule has 0 spiro atoms. The van der Waals surface area contributed by atoms with Gasteiger partial charge in [-0.3, -0.25) is 19.2 Å². The number of ether oxygens (including phenoxy) is 6. The van der Waals surface area contributed by atoms with Crippen molar-refractivity contribution in [1.29, 1.82) is 0 Å². The first-order valence-corrected chi connectivity index (χ1v) is 13.5. The molecule has 1 heterocycles. The third-order valence-electron chi connectivity index (χ3n) is 5.52. The van der Waals surface area contributed by atoms with E-state index in [2.05, 4.69) is 10.6 Å². The second-order valence-electron chi connectivity index (χ2n) is 8.95. The van der Waals surface area contributed by atoms with Crippen molar-refractivity contribution in [3.05, 3.63) is 40.6 Å². The van der Waals surface area contributed by atoms with Crippen LogP contribution in [0.3, 0.4) is 0 Å². The average Bonchev–Trinajstić information content (AvgIpc) is 2.87. The number of benzene rings is 1. The maximum Gasteiger partial charge on any atom is 0.342 e. The maximum atomic E-state index is 13.0.